The number of carbonyl (C=O) groups excluding carboxylic acids is 1. The van der Waals surface area contributed by atoms with Gasteiger partial charge in [-0.1, -0.05) is 0 Å². The summed E-state index contributed by atoms with van der Waals surface area (Å²) in [6, 6.07) is 10.7. The van der Waals surface area contributed by atoms with Crippen LogP contribution in [0.5, 0.6) is 11.5 Å². The number of halogens is 1. The predicted molar refractivity (Wildman–Crippen MR) is 72.4 cm³/mol. The first kappa shape index (κ1) is 13.8. The van der Waals surface area contributed by atoms with Crippen molar-refractivity contribution < 1.29 is 13.9 Å². The van der Waals surface area contributed by atoms with Gasteiger partial charge in [-0.05, 0) is 55.8 Å². The first-order chi connectivity index (χ1) is 9.51. The van der Waals surface area contributed by atoms with Gasteiger partial charge in [-0.3, -0.25) is 4.79 Å². The highest BCUT2D eigenvalue weighted by Gasteiger charge is 2.12. The molecule has 0 aliphatic rings. The molecular weight excluding hydrogens is 257 g/mol. The van der Waals surface area contributed by atoms with E-state index in [0.717, 1.165) is 0 Å². The fourth-order valence-corrected chi connectivity index (χ4v) is 1.81. The SMILES string of the molecule is CC(=O)c1ccc(C#N)cc1Oc1ccc(F)cc1C. The average Bonchev–Trinajstić information content (AvgIpc) is 2.41. The van der Waals surface area contributed by atoms with E-state index in [2.05, 4.69) is 0 Å². The lowest BCUT2D eigenvalue weighted by molar-refractivity contribution is 0.101. The Morgan fingerprint density at radius 3 is 2.55 bits per heavy atom. The summed E-state index contributed by atoms with van der Waals surface area (Å²) < 4.78 is 18.7. The van der Waals surface area contributed by atoms with Crippen LogP contribution >= 0.6 is 0 Å². The quantitative estimate of drug-likeness (QED) is 0.791. The Hall–Kier alpha value is -2.67. The molecule has 3 nitrogen and oxygen atoms in total. The van der Waals surface area contributed by atoms with Crippen LogP contribution in [0.1, 0.15) is 28.4 Å². The molecule has 0 aromatic heterocycles. The van der Waals surface area contributed by atoms with E-state index in [0.29, 0.717) is 28.2 Å². The topological polar surface area (TPSA) is 50.1 Å². The van der Waals surface area contributed by atoms with E-state index < -0.39 is 0 Å². The number of nitriles is 1. The minimum absolute atomic E-state index is 0.163. The van der Waals surface area contributed by atoms with E-state index in [-0.39, 0.29) is 11.6 Å². The monoisotopic (exact) mass is 269 g/mol. The lowest BCUT2D eigenvalue weighted by atomic mass is 10.1. The maximum atomic E-state index is 13.1. The summed E-state index contributed by atoms with van der Waals surface area (Å²) in [6.07, 6.45) is 0. The van der Waals surface area contributed by atoms with Crippen LogP contribution < -0.4 is 4.74 Å². The van der Waals surface area contributed by atoms with Crippen molar-refractivity contribution in [1.82, 2.24) is 0 Å². The smallest absolute Gasteiger partial charge is 0.163 e. The molecule has 0 N–H and O–H groups in total. The zero-order valence-electron chi connectivity index (χ0n) is 11.1. The van der Waals surface area contributed by atoms with E-state index >= 15 is 0 Å². The molecule has 0 fully saturated rings. The maximum Gasteiger partial charge on any atom is 0.163 e. The number of nitrogens with zero attached hydrogens (tertiary/aromatic N) is 1. The van der Waals surface area contributed by atoms with Crippen molar-refractivity contribution in [2.24, 2.45) is 0 Å². The number of Topliss-reactive ketones (excluding diaryl/α,β-unsaturated/α-hetero) is 1. The van der Waals surface area contributed by atoms with Gasteiger partial charge in [-0.15, -0.1) is 0 Å². The fraction of sp³-hybridized carbons (Fsp3) is 0.125. The van der Waals surface area contributed by atoms with Crippen LogP contribution in [-0.4, -0.2) is 5.78 Å². The number of hydrogen-bond acceptors (Lipinski definition) is 3. The molecule has 0 unspecified atom stereocenters. The van der Waals surface area contributed by atoms with Crippen LogP contribution in [0.25, 0.3) is 0 Å². The van der Waals surface area contributed by atoms with Gasteiger partial charge in [0.2, 0.25) is 0 Å². The van der Waals surface area contributed by atoms with E-state index in [1.165, 1.54) is 31.2 Å². The summed E-state index contributed by atoms with van der Waals surface area (Å²) >= 11 is 0. The average molecular weight is 269 g/mol. The minimum Gasteiger partial charge on any atom is -0.456 e. The van der Waals surface area contributed by atoms with Crippen LogP contribution in [0.4, 0.5) is 4.39 Å². The van der Waals surface area contributed by atoms with Gasteiger partial charge in [-0.2, -0.15) is 5.26 Å². The molecule has 0 aliphatic carbocycles. The fourth-order valence-electron chi connectivity index (χ4n) is 1.81. The van der Waals surface area contributed by atoms with Crippen molar-refractivity contribution in [3.63, 3.8) is 0 Å². The predicted octanol–water partition coefficient (Wildman–Crippen LogP) is 4.00. The molecule has 0 saturated heterocycles. The van der Waals surface area contributed by atoms with Crippen molar-refractivity contribution in [3.8, 4) is 17.6 Å². The molecule has 100 valence electrons. The third-order valence-electron chi connectivity index (χ3n) is 2.85. The Kier molecular flexibility index (Phi) is 3.81. The summed E-state index contributed by atoms with van der Waals surface area (Å²) in [5.74, 6) is 0.229. The Morgan fingerprint density at radius 1 is 1.20 bits per heavy atom. The van der Waals surface area contributed by atoms with Gasteiger partial charge < -0.3 is 4.74 Å². The van der Waals surface area contributed by atoms with E-state index in [4.69, 9.17) is 10.00 Å². The van der Waals surface area contributed by atoms with Gasteiger partial charge in [-0.25, -0.2) is 4.39 Å². The summed E-state index contributed by atoms with van der Waals surface area (Å²) in [5.41, 5.74) is 1.39. The summed E-state index contributed by atoms with van der Waals surface area (Å²) in [4.78, 5) is 11.6. The van der Waals surface area contributed by atoms with Gasteiger partial charge in [0, 0.05) is 0 Å². The van der Waals surface area contributed by atoms with Crippen molar-refractivity contribution in [2.75, 3.05) is 0 Å². The Labute approximate surface area is 116 Å². The molecule has 0 aliphatic heterocycles. The van der Waals surface area contributed by atoms with E-state index in [9.17, 15) is 9.18 Å². The molecule has 0 atom stereocenters. The molecule has 2 aromatic carbocycles. The first-order valence-electron chi connectivity index (χ1n) is 6.00. The molecule has 4 heteroatoms. The number of aryl methyl sites for hydroxylation is 1. The zero-order valence-corrected chi connectivity index (χ0v) is 11.1. The van der Waals surface area contributed by atoms with Crippen molar-refractivity contribution >= 4 is 5.78 Å². The number of hydrogen-bond donors (Lipinski definition) is 0. The van der Waals surface area contributed by atoms with Crippen LogP contribution in [0.3, 0.4) is 0 Å². The highest BCUT2D eigenvalue weighted by molar-refractivity contribution is 5.97. The standard InChI is InChI=1S/C16H12FNO2/c1-10-7-13(17)4-6-15(10)20-16-8-12(9-18)3-5-14(16)11(2)19/h3-8H,1-2H3. The van der Waals surface area contributed by atoms with Crippen molar-refractivity contribution in [1.29, 1.82) is 5.26 Å². The second-order valence-corrected chi connectivity index (χ2v) is 4.39. The van der Waals surface area contributed by atoms with Gasteiger partial charge in [0.05, 0.1) is 17.2 Å². The highest BCUT2D eigenvalue weighted by atomic mass is 19.1. The number of benzene rings is 2. The van der Waals surface area contributed by atoms with Gasteiger partial charge in [0.1, 0.15) is 17.3 Å². The molecule has 0 radical (unpaired) electrons. The minimum atomic E-state index is -0.354. The van der Waals surface area contributed by atoms with Gasteiger partial charge >= 0.3 is 0 Å². The summed E-state index contributed by atoms with van der Waals surface area (Å²) in [7, 11) is 0. The molecule has 0 amide bonds. The number of ether oxygens (including phenoxy) is 1. The second-order valence-electron chi connectivity index (χ2n) is 4.39. The molecular formula is C16H12FNO2. The number of carbonyl (C=O) groups is 1. The normalized spacial score (nSPS) is 9.90. The first-order valence-corrected chi connectivity index (χ1v) is 6.00. The third kappa shape index (κ3) is 2.83. The molecule has 0 heterocycles. The van der Waals surface area contributed by atoms with Crippen LogP contribution in [0, 0.1) is 24.1 Å². The third-order valence-corrected chi connectivity index (χ3v) is 2.85. The lowest BCUT2D eigenvalue weighted by Gasteiger charge is -2.12. The van der Waals surface area contributed by atoms with Crippen molar-refractivity contribution in [3.05, 3.63) is 58.9 Å². The number of rotatable bonds is 3. The lowest BCUT2D eigenvalue weighted by Crippen LogP contribution is -1.98. The van der Waals surface area contributed by atoms with Gasteiger partial charge in [0.15, 0.2) is 5.78 Å². The van der Waals surface area contributed by atoms with Crippen molar-refractivity contribution in [2.45, 2.75) is 13.8 Å². The Balaban J connectivity index is 2.46. The molecule has 20 heavy (non-hydrogen) atoms. The van der Waals surface area contributed by atoms with Crippen LogP contribution in [0.15, 0.2) is 36.4 Å². The summed E-state index contributed by atoms with van der Waals surface area (Å²) in [5, 5.41) is 8.91. The van der Waals surface area contributed by atoms with E-state index in [1.807, 2.05) is 6.07 Å². The molecule has 0 spiro atoms. The van der Waals surface area contributed by atoms with Gasteiger partial charge in [0.25, 0.3) is 0 Å². The Morgan fingerprint density at radius 2 is 1.95 bits per heavy atom. The Bertz CT molecular complexity index is 717. The number of ketones is 1. The molecule has 0 saturated carbocycles. The maximum absolute atomic E-state index is 13.1. The summed E-state index contributed by atoms with van der Waals surface area (Å²) in [6.45, 7) is 3.13. The molecule has 2 rings (SSSR count). The molecule has 2 aromatic rings. The molecule has 0 bridgehead atoms. The van der Waals surface area contributed by atoms with E-state index in [1.54, 1.807) is 19.1 Å². The second kappa shape index (κ2) is 5.54. The largest absolute Gasteiger partial charge is 0.456 e. The van der Waals surface area contributed by atoms with Crippen LogP contribution in [0.2, 0.25) is 0 Å². The zero-order chi connectivity index (χ0) is 14.7. The highest BCUT2D eigenvalue weighted by Crippen LogP contribution is 2.29. The van der Waals surface area contributed by atoms with Crippen LogP contribution in [-0.2, 0) is 0 Å².